The summed E-state index contributed by atoms with van der Waals surface area (Å²) >= 11 is 0. The number of amides is 1. The van der Waals surface area contributed by atoms with Gasteiger partial charge < -0.3 is 21.5 Å². The quantitative estimate of drug-likeness (QED) is 0.171. The van der Waals surface area contributed by atoms with E-state index >= 15 is 0 Å². The normalized spacial score (nSPS) is 10.7. The number of nitrogens with one attached hydrogen (secondary N) is 1. The molecule has 184 valence electrons. The molecule has 0 atom stereocenters. The van der Waals surface area contributed by atoms with Gasteiger partial charge in [-0.3, -0.25) is 4.79 Å². The minimum atomic E-state index is 0. The third-order valence-corrected chi connectivity index (χ3v) is 4.69. The van der Waals surface area contributed by atoms with E-state index in [1.807, 2.05) is 60.7 Å². The number of ether oxygens (including phenoxy) is 1. The largest absolute Gasteiger partial charge is 0.367 e. The Bertz CT molecular complexity index is 847. The number of hydrogen-bond donors (Lipinski definition) is 3. The van der Waals surface area contributed by atoms with Crippen molar-refractivity contribution in [1.29, 1.82) is 0 Å². The summed E-state index contributed by atoms with van der Waals surface area (Å²) in [5, 5.41) is 3.00. The van der Waals surface area contributed by atoms with Gasteiger partial charge in [-0.25, -0.2) is 0 Å². The highest BCUT2D eigenvalue weighted by molar-refractivity contribution is 5.91. The average Bonchev–Trinajstić information content (AvgIpc) is 2.85. The fourth-order valence-electron chi connectivity index (χ4n) is 3.03. The molecule has 2 aromatic rings. The Kier molecular flexibility index (Phi) is 16.7. The van der Waals surface area contributed by atoms with E-state index in [-0.39, 0.29) is 10.2 Å². The topological polar surface area (TPSA) is 90.4 Å². The minimum Gasteiger partial charge on any atom is -0.367 e. The number of unbranched alkanes of at least 4 members (excludes halogenated alkanes) is 4. The number of allylic oxidation sites excluding steroid dienone is 4. The molecule has 0 aliphatic rings. The lowest BCUT2D eigenvalue weighted by molar-refractivity contribution is -0.116. The molecule has 5 N–H and O–H groups in total. The molecule has 0 bridgehead atoms. The van der Waals surface area contributed by atoms with Crippen LogP contribution in [-0.4, -0.2) is 25.8 Å². The molecule has 2 rings (SSSR count). The Morgan fingerprint density at radius 3 is 2.36 bits per heavy atom. The molecular weight excluding hydrogens is 410 g/mol. The van der Waals surface area contributed by atoms with Gasteiger partial charge in [0, 0.05) is 29.5 Å². The Hall–Kier alpha value is -2.99. The first-order chi connectivity index (χ1) is 16.2. The van der Waals surface area contributed by atoms with Crippen LogP contribution >= 0.6 is 0 Å². The predicted molar refractivity (Wildman–Crippen MR) is 147 cm³/mol. The summed E-state index contributed by atoms with van der Waals surface area (Å²) in [7, 11) is 0. The molecule has 0 spiro atoms. The van der Waals surface area contributed by atoms with Crippen LogP contribution in [0.1, 0.15) is 42.8 Å². The average molecular weight is 456 g/mol. The van der Waals surface area contributed by atoms with E-state index in [9.17, 15) is 4.79 Å². The number of rotatable bonds is 14. The predicted octanol–water partition coefficient (Wildman–Crippen LogP) is 6.55. The van der Waals surface area contributed by atoms with Gasteiger partial charge >= 0.3 is 0 Å². The molecule has 33 heavy (non-hydrogen) atoms. The number of carbonyl (C=O) groups excluding carboxylic acids is 1. The second kappa shape index (κ2) is 19.7. The summed E-state index contributed by atoms with van der Waals surface area (Å²) in [4.78, 5) is 12.1. The van der Waals surface area contributed by atoms with Crippen molar-refractivity contribution < 1.29 is 13.8 Å². The molecular formula is C28H45N3O2. The monoisotopic (exact) mass is 455 g/mol. The van der Waals surface area contributed by atoms with Gasteiger partial charge in [-0.1, -0.05) is 98.7 Å². The summed E-state index contributed by atoms with van der Waals surface area (Å²) in [6.07, 6.45) is 15.1. The lowest BCUT2D eigenvalue weighted by Crippen LogP contribution is -2.11. The van der Waals surface area contributed by atoms with Gasteiger partial charge in [-0.2, -0.15) is 0 Å². The van der Waals surface area contributed by atoms with Crippen LogP contribution in [0.5, 0.6) is 0 Å². The smallest absolute Gasteiger partial charge is 0.224 e. The van der Waals surface area contributed by atoms with Crippen molar-refractivity contribution in [2.75, 3.05) is 25.2 Å². The molecule has 0 saturated heterocycles. The fraction of sp³-hybridized carbons (Fsp3) is 0.321. The first-order valence-corrected chi connectivity index (χ1v) is 11.6. The molecule has 0 fully saturated rings. The Labute approximate surface area is 203 Å². The highest BCUT2D eigenvalue weighted by Gasteiger charge is 2.04. The number of carbonyl (C=O) groups is 1. The van der Waals surface area contributed by atoms with Gasteiger partial charge in [-0.15, -0.1) is 0 Å². The molecule has 0 heterocycles. The van der Waals surface area contributed by atoms with E-state index in [4.69, 9.17) is 16.2 Å². The van der Waals surface area contributed by atoms with Crippen LogP contribution in [0.2, 0.25) is 0 Å². The summed E-state index contributed by atoms with van der Waals surface area (Å²) < 4.78 is 5.10. The summed E-state index contributed by atoms with van der Waals surface area (Å²) in [6.45, 7) is 5.13. The van der Waals surface area contributed by atoms with Crippen molar-refractivity contribution >= 4 is 11.6 Å². The van der Waals surface area contributed by atoms with Crippen LogP contribution in [-0.2, 0) is 9.53 Å². The second-order valence-electron chi connectivity index (χ2n) is 7.37. The van der Waals surface area contributed by atoms with Gasteiger partial charge in [0.25, 0.3) is 0 Å². The van der Waals surface area contributed by atoms with Crippen LogP contribution in [0.15, 0.2) is 91.6 Å². The standard InChI is InChI=1S/C21H28N2O2.C7H11N.3H2/c22-17-25-15-8-3-1-2-7-14-21(24)23-20-13-9-12-19(16-20)18-10-5-4-6-11-18;1-2-3-4-5-6-7-8;;;/h4-6,9-13,16H,1-3,7-8,14-15,17,22H2,(H,23,24);2-6H,1,7-8H2;3*1H/b;4-3-,6-5-;;;. The molecule has 0 unspecified atom stereocenters. The SMILES string of the molecule is C=C/C=C\C=C/CN.NCOCCCCCCCC(=O)Nc1cccc(-c2ccccc2)c1.[HH].[HH].[HH]. The number of nitrogens with two attached hydrogens (primary N) is 2. The van der Waals surface area contributed by atoms with E-state index in [0.29, 0.717) is 19.7 Å². The van der Waals surface area contributed by atoms with Gasteiger partial charge in [0.2, 0.25) is 5.91 Å². The van der Waals surface area contributed by atoms with Gasteiger partial charge in [0.15, 0.2) is 0 Å². The van der Waals surface area contributed by atoms with Crippen LogP contribution in [0, 0.1) is 0 Å². The first-order valence-electron chi connectivity index (χ1n) is 11.6. The fourth-order valence-corrected chi connectivity index (χ4v) is 3.03. The molecule has 2 aromatic carbocycles. The molecule has 5 nitrogen and oxygen atoms in total. The molecule has 1 amide bonds. The van der Waals surface area contributed by atoms with E-state index in [0.717, 1.165) is 55.5 Å². The zero-order chi connectivity index (χ0) is 24.0. The molecule has 0 aliphatic heterocycles. The Balaban J connectivity index is -0.000000862. The Morgan fingerprint density at radius 1 is 0.909 bits per heavy atom. The molecule has 0 aliphatic carbocycles. The van der Waals surface area contributed by atoms with Crippen LogP contribution in [0.4, 0.5) is 5.69 Å². The van der Waals surface area contributed by atoms with Crippen molar-refractivity contribution in [2.45, 2.75) is 38.5 Å². The first kappa shape index (κ1) is 28.0. The van der Waals surface area contributed by atoms with Crippen molar-refractivity contribution in [1.82, 2.24) is 0 Å². The lowest BCUT2D eigenvalue weighted by Gasteiger charge is -2.08. The van der Waals surface area contributed by atoms with E-state index in [2.05, 4.69) is 30.1 Å². The van der Waals surface area contributed by atoms with Crippen LogP contribution in [0.3, 0.4) is 0 Å². The van der Waals surface area contributed by atoms with Crippen molar-refractivity contribution in [3.63, 3.8) is 0 Å². The Morgan fingerprint density at radius 2 is 1.64 bits per heavy atom. The van der Waals surface area contributed by atoms with E-state index in [1.165, 1.54) is 0 Å². The molecule has 0 saturated carbocycles. The van der Waals surface area contributed by atoms with E-state index < -0.39 is 0 Å². The minimum absolute atomic E-state index is 0. The number of benzene rings is 2. The maximum Gasteiger partial charge on any atom is 0.224 e. The summed E-state index contributed by atoms with van der Waals surface area (Å²) in [5.41, 5.74) is 13.5. The van der Waals surface area contributed by atoms with Crippen molar-refractivity contribution in [2.24, 2.45) is 11.5 Å². The lowest BCUT2D eigenvalue weighted by atomic mass is 10.1. The molecule has 5 heteroatoms. The van der Waals surface area contributed by atoms with Gasteiger partial charge in [-0.05, 0) is 36.1 Å². The van der Waals surface area contributed by atoms with E-state index in [1.54, 1.807) is 6.08 Å². The van der Waals surface area contributed by atoms with Crippen molar-refractivity contribution in [3.05, 3.63) is 91.6 Å². The third kappa shape index (κ3) is 14.6. The van der Waals surface area contributed by atoms with Crippen molar-refractivity contribution in [3.8, 4) is 11.1 Å². The van der Waals surface area contributed by atoms with Gasteiger partial charge in [0.05, 0.1) is 6.73 Å². The summed E-state index contributed by atoms with van der Waals surface area (Å²) in [6, 6.07) is 18.2. The number of hydrogen-bond acceptors (Lipinski definition) is 4. The van der Waals surface area contributed by atoms with Gasteiger partial charge in [0.1, 0.15) is 0 Å². The zero-order valence-electron chi connectivity index (χ0n) is 19.6. The summed E-state index contributed by atoms with van der Waals surface area (Å²) in [5.74, 6) is 0.0803. The molecule has 0 aromatic heterocycles. The molecule has 0 radical (unpaired) electrons. The maximum absolute atomic E-state index is 12.1. The van der Waals surface area contributed by atoms with Crippen LogP contribution < -0.4 is 16.8 Å². The number of anilines is 1. The third-order valence-electron chi connectivity index (χ3n) is 4.69. The highest BCUT2D eigenvalue weighted by Crippen LogP contribution is 2.22. The zero-order valence-corrected chi connectivity index (χ0v) is 19.6. The maximum atomic E-state index is 12.1. The van der Waals surface area contributed by atoms with Crippen LogP contribution in [0.25, 0.3) is 11.1 Å². The highest BCUT2D eigenvalue weighted by atomic mass is 16.5. The second-order valence-corrected chi connectivity index (χ2v) is 7.37.